The molecular formula is C6H13F2N3O2. The van der Waals surface area contributed by atoms with Crippen LogP contribution in [-0.4, -0.2) is 41.8 Å². The summed E-state index contributed by atoms with van der Waals surface area (Å²) in [5.41, 5.74) is 5.08. The molecule has 5 N–H and O–H groups in total. The van der Waals surface area contributed by atoms with Crippen molar-refractivity contribution in [2.24, 2.45) is 10.9 Å². The molecule has 7 heteroatoms. The van der Waals surface area contributed by atoms with Crippen molar-refractivity contribution in [3.05, 3.63) is 0 Å². The summed E-state index contributed by atoms with van der Waals surface area (Å²) in [6.45, 7) is -1.64. The molecule has 0 bridgehead atoms. The summed E-state index contributed by atoms with van der Waals surface area (Å²) < 4.78 is 24.7. The first kappa shape index (κ1) is 12.0. The van der Waals surface area contributed by atoms with Gasteiger partial charge in [-0.25, -0.2) is 8.78 Å². The number of oxime groups is 1. The zero-order chi connectivity index (χ0) is 10.3. The van der Waals surface area contributed by atoms with E-state index in [1.807, 2.05) is 0 Å². The van der Waals surface area contributed by atoms with Crippen LogP contribution in [0.5, 0.6) is 0 Å². The average molecular weight is 197 g/mol. The van der Waals surface area contributed by atoms with Gasteiger partial charge < -0.3 is 21.4 Å². The number of amidine groups is 1. The molecule has 5 nitrogen and oxygen atoms in total. The maximum atomic E-state index is 12.3. The van der Waals surface area contributed by atoms with Crippen LogP contribution in [-0.2, 0) is 0 Å². The number of hydrogen-bond acceptors (Lipinski definition) is 4. The third-order valence-electron chi connectivity index (χ3n) is 1.30. The Morgan fingerprint density at radius 2 is 2.15 bits per heavy atom. The van der Waals surface area contributed by atoms with Gasteiger partial charge in [0.1, 0.15) is 12.4 Å². The van der Waals surface area contributed by atoms with E-state index in [9.17, 15) is 8.78 Å². The number of halogens is 2. The van der Waals surface area contributed by atoms with E-state index in [-0.39, 0.29) is 18.8 Å². The SMILES string of the molecule is NC(CCNCC(F)(F)CO)=NO. The molecule has 0 aromatic rings. The topological polar surface area (TPSA) is 90.9 Å². The lowest BCUT2D eigenvalue weighted by Gasteiger charge is -2.13. The predicted molar refractivity (Wildman–Crippen MR) is 42.9 cm³/mol. The van der Waals surface area contributed by atoms with Crippen molar-refractivity contribution in [1.82, 2.24) is 5.32 Å². The fraction of sp³-hybridized carbons (Fsp3) is 0.833. The molecule has 0 aromatic carbocycles. The van der Waals surface area contributed by atoms with Gasteiger partial charge in [-0.1, -0.05) is 5.16 Å². The number of alkyl halides is 2. The van der Waals surface area contributed by atoms with E-state index < -0.39 is 19.1 Å². The Morgan fingerprint density at radius 1 is 1.54 bits per heavy atom. The summed E-state index contributed by atoms with van der Waals surface area (Å²) in [4.78, 5) is 0. The van der Waals surface area contributed by atoms with E-state index >= 15 is 0 Å². The zero-order valence-electron chi connectivity index (χ0n) is 7.00. The van der Waals surface area contributed by atoms with Crippen LogP contribution in [0.2, 0.25) is 0 Å². The Hall–Kier alpha value is -0.950. The third kappa shape index (κ3) is 6.23. The van der Waals surface area contributed by atoms with Crippen LogP contribution in [0.1, 0.15) is 6.42 Å². The highest BCUT2D eigenvalue weighted by Crippen LogP contribution is 2.09. The van der Waals surface area contributed by atoms with E-state index in [4.69, 9.17) is 16.0 Å². The lowest BCUT2D eigenvalue weighted by atomic mass is 10.3. The van der Waals surface area contributed by atoms with Gasteiger partial charge in [-0.2, -0.15) is 0 Å². The van der Waals surface area contributed by atoms with Crippen molar-refractivity contribution in [1.29, 1.82) is 0 Å². The van der Waals surface area contributed by atoms with Gasteiger partial charge in [0.2, 0.25) is 0 Å². The second kappa shape index (κ2) is 5.65. The van der Waals surface area contributed by atoms with Crippen LogP contribution < -0.4 is 11.1 Å². The molecule has 0 saturated heterocycles. The first-order valence-corrected chi connectivity index (χ1v) is 3.67. The van der Waals surface area contributed by atoms with E-state index in [1.54, 1.807) is 0 Å². The minimum atomic E-state index is -3.12. The number of hydrogen-bond donors (Lipinski definition) is 4. The summed E-state index contributed by atoms with van der Waals surface area (Å²) in [6, 6.07) is 0. The molecule has 0 aliphatic heterocycles. The average Bonchev–Trinajstić information content (AvgIpc) is 2.12. The fourth-order valence-electron chi connectivity index (χ4n) is 0.594. The van der Waals surface area contributed by atoms with Crippen LogP contribution in [0.3, 0.4) is 0 Å². The molecule has 0 rings (SSSR count). The van der Waals surface area contributed by atoms with E-state index in [0.29, 0.717) is 0 Å². The number of aliphatic hydroxyl groups excluding tert-OH is 1. The number of nitrogens with one attached hydrogen (secondary N) is 1. The van der Waals surface area contributed by atoms with Crippen molar-refractivity contribution >= 4 is 5.84 Å². The molecular weight excluding hydrogens is 184 g/mol. The Balaban J connectivity index is 3.46. The van der Waals surface area contributed by atoms with Gasteiger partial charge in [-0.3, -0.25) is 0 Å². The Labute approximate surface area is 74.2 Å². The molecule has 0 fully saturated rings. The summed E-state index contributed by atoms with van der Waals surface area (Å²) in [5, 5.41) is 21.3. The largest absolute Gasteiger partial charge is 0.409 e. The molecule has 0 spiro atoms. The third-order valence-corrected chi connectivity index (χ3v) is 1.30. The van der Waals surface area contributed by atoms with Crippen LogP contribution in [0.15, 0.2) is 5.16 Å². The maximum absolute atomic E-state index is 12.3. The fourth-order valence-corrected chi connectivity index (χ4v) is 0.594. The van der Waals surface area contributed by atoms with Gasteiger partial charge in [0.25, 0.3) is 5.92 Å². The summed E-state index contributed by atoms with van der Waals surface area (Å²) in [5.74, 6) is -3.15. The Morgan fingerprint density at radius 3 is 2.62 bits per heavy atom. The zero-order valence-corrected chi connectivity index (χ0v) is 7.00. The molecule has 0 saturated carbocycles. The van der Waals surface area contributed by atoms with Crippen molar-refractivity contribution in [3.63, 3.8) is 0 Å². The van der Waals surface area contributed by atoms with Crippen LogP contribution in [0.25, 0.3) is 0 Å². The molecule has 0 aliphatic carbocycles. The molecule has 0 atom stereocenters. The molecule has 0 radical (unpaired) electrons. The normalized spacial score (nSPS) is 13.3. The Bertz CT molecular complexity index is 175. The maximum Gasteiger partial charge on any atom is 0.282 e. The van der Waals surface area contributed by atoms with Gasteiger partial charge in [-0.05, 0) is 0 Å². The quantitative estimate of drug-likeness (QED) is 0.149. The first-order valence-electron chi connectivity index (χ1n) is 3.67. The predicted octanol–water partition coefficient (Wildman–Crippen LogP) is -0.660. The molecule has 13 heavy (non-hydrogen) atoms. The number of rotatable bonds is 6. The van der Waals surface area contributed by atoms with Gasteiger partial charge in [-0.15, -0.1) is 0 Å². The van der Waals surface area contributed by atoms with Gasteiger partial charge in [0, 0.05) is 13.0 Å². The number of aliphatic hydroxyl groups is 1. The lowest BCUT2D eigenvalue weighted by Crippen LogP contribution is -2.37. The molecule has 0 aliphatic rings. The van der Waals surface area contributed by atoms with Gasteiger partial charge in [0.15, 0.2) is 0 Å². The van der Waals surface area contributed by atoms with Gasteiger partial charge in [0.05, 0.1) is 6.54 Å². The molecule has 0 heterocycles. The lowest BCUT2D eigenvalue weighted by molar-refractivity contribution is -0.0472. The first-order chi connectivity index (χ1) is 6.02. The summed E-state index contributed by atoms with van der Waals surface area (Å²) >= 11 is 0. The Kier molecular flexibility index (Phi) is 5.24. The van der Waals surface area contributed by atoms with Crippen LogP contribution >= 0.6 is 0 Å². The van der Waals surface area contributed by atoms with E-state index in [2.05, 4.69) is 10.5 Å². The summed E-state index contributed by atoms with van der Waals surface area (Å²) in [7, 11) is 0. The van der Waals surface area contributed by atoms with Crippen molar-refractivity contribution in [2.75, 3.05) is 19.7 Å². The van der Waals surface area contributed by atoms with Crippen molar-refractivity contribution in [3.8, 4) is 0 Å². The van der Waals surface area contributed by atoms with Crippen LogP contribution in [0.4, 0.5) is 8.78 Å². The molecule has 0 unspecified atom stereocenters. The smallest absolute Gasteiger partial charge is 0.282 e. The highest BCUT2D eigenvalue weighted by molar-refractivity contribution is 5.79. The second-order valence-corrected chi connectivity index (χ2v) is 2.53. The molecule has 0 aromatic heterocycles. The summed E-state index contributed by atoms with van der Waals surface area (Å²) in [6.07, 6.45) is 0.179. The van der Waals surface area contributed by atoms with E-state index in [1.165, 1.54) is 0 Å². The van der Waals surface area contributed by atoms with E-state index in [0.717, 1.165) is 0 Å². The van der Waals surface area contributed by atoms with Crippen molar-refractivity contribution < 1.29 is 19.1 Å². The standard InChI is InChI=1S/C6H13F2N3O2/c7-6(8,4-12)3-10-2-1-5(9)11-13/h10,12-13H,1-4H2,(H2,9,11). The number of nitrogens with zero attached hydrogens (tertiary/aromatic N) is 1. The highest BCUT2D eigenvalue weighted by Gasteiger charge is 2.26. The van der Waals surface area contributed by atoms with Crippen molar-refractivity contribution in [2.45, 2.75) is 12.3 Å². The molecule has 78 valence electrons. The van der Waals surface area contributed by atoms with Crippen LogP contribution in [0, 0.1) is 0 Å². The minimum Gasteiger partial charge on any atom is -0.409 e. The van der Waals surface area contributed by atoms with Gasteiger partial charge >= 0.3 is 0 Å². The minimum absolute atomic E-state index is 0.0279. The second-order valence-electron chi connectivity index (χ2n) is 2.53. The monoisotopic (exact) mass is 197 g/mol. The number of nitrogens with two attached hydrogens (primary N) is 1. The highest BCUT2D eigenvalue weighted by atomic mass is 19.3. The molecule has 0 amide bonds.